The molecule has 1 radical (unpaired) electrons. The average molecular weight is 228 g/mol. The number of hydrogen-bond acceptors (Lipinski definition) is 2. The number of nitrogens with zero attached hydrogens (tertiary/aromatic N) is 2. The summed E-state index contributed by atoms with van der Waals surface area (Å²) in [6.45, 7) is 4.54. The predicted molar refractivity (Wildman–Crippen MR) is 69.6 cm³/mol. The fraction of sp³-hybridized carbons (Fsp3) is 0.429. The van der Waals surface area contributed by atoms with Crippen molar-refractivity contribution in [2.75, 3.05) is 13.1 Å². The molecule has 3 heteroatoms. The van der Waals surface area contributed by atoms with E-state index in [1.165, 1.54) is 12.8 Å². The summed E-state index contributed by atoms with van der Waals surface area (Å²) in [5.41, 5.74) is 2.20. The van der Waals surface area contributed by atoms with Crippen LogP contribution in [0.2, 0.25) is 0 Å². The lowest BCUT2D eigenvalue weighted by molar-refractivity contribution is 0.189. The molecule has 2 heterocycles. The Balaban J connectivity index is 1.86. The maximum atomic E-state index is 4.68. The van der Waals surface area contributed by atoms with Crippen LogP contribution in [0.1, 0.15) is 31.6 Å². The second-order valence-corrected chi connectivity index (χ2v) is 4.72. The van der Waals surface area contributed by atoms with Crippen molar-refractivity contribution < 1.29 is 0 Å². The van der Waals surface area contributed by atoms with Crippen LogP contribution in [0.5, 0.6) is 0 Å². The van der Waals surface area contributed by atoms with Gasteiger partial charge in [0.25, 0.3) is 0 Å². The van der Waals surface area contributed by atoms with Crippen LogP contribution in [-0.4, -0.2) is 28.0 Å². The van der Waals surface area contributed by atoms with Crippen LogP contribution in [0.3, 0.4) is 0 Å². The minimum absolute atomic E-state index is 0.385. The molecule has 1 aromatic carbocycles. The van der Waals surface area contributed by atoms with Crippen molar-refractivity contribution >= 4 is 11.0 Å². The lowest BCUT2D eigenvalue weighted by atomic mass is 10.1. The zero-order chi connectivity index (χ0) is 11.7. The van der Waals surface area contributed by atoms with E-state index in [2.05, 4.69) is 40.3 Å². The van der Waals surface area contributed by atoms with Gasteiger partial charge in [-0.15, -0.1) is 0 Å². The van der Waals surface area contributed by atoms with E-state index in [0.29, 0.717) is 6.04 Å². The zero-order valence-corrected chi connectivity index (χ0v) is 10.2. The Morgan fingerprint density at radius 3 is 2.76 bits per heavy atom. The zero-order valence-electron chi connectivity index (χ0n) is 10.2. The molecule has 1 aliphatic heterocycles. The number of nitrogens with one attached hydrogen (secondary N) is 1. The van der Waals surface area contributed by atoms with Crippen LogP contribution < -0.4 is 0 Å². The largest absolute Gasteiger partial charge is 0.341 e. The fourth-order valence-corrected chi connectivity index (χ4v) is 2.50. The number of para-hydroxylation sites is 2. The van der Waals surface area contributed by atoms with Gasteiger partial charge in [-0.3, -0.25) is 4.90 Å². The van der Waals surface area contributed by atoms with Crippen LogP contribution in [-0.2, 0) is 0 Å². The van der Waals surface area contributed by atoms with E-state index in [1.807, 2.05) is 12.1 Å². The summed E-state index contributed by atoms with van der Waals surface area (Å²) in [6.07, 6.45) is 4.77. The monoisotopic (exact) mass is 228 g/mol. The van der Waals surface area contributed by atoms with Crippen molar-refractivity contribution in [2.45, 2.75) is 25.8 Å². The summed E-state index contributed by atoms with van der Waals surface area (Å²) >= 11 is 0. The van der Waals surface area contributed by atoms with Gasteiger partial charge in [0.05, 0.1) is 17.1 Å². The van der Waals surface area contributed by atoms with Crippen LogP contribution in [0.25, 0.3) is 11.0 Å². The second-order valence-electron chi connectivity index (χ2n) is 4.72. The number of rotatable bonds is 2. The highest BCUT2D eigenvalue weighted by atomic mass is 15.2. The Hall–Kier alpha value is -1.35. The number of likely N-dealkylation sites (tertiary alicyclic amines) is 1. The summed E-state index contributed by atoms with van der Waals surface area (Å²) < 4.78 is 0. The molecule has 0 aliphatic carbocycles. The van der Waals surface area contributed by atoms with E-state index in [1.54, 1.807) is 0 Å². The van der Waals surface area contributed by atoms with Gasteiger partial charge >= 0.3 is 0 Å². The first-order valence-electron chi connectivity index (χ1n) is 6.35. The first kappa shape index (κ1) is 10.8. The van der Waals surface area contributed by atoms with Gasteiger partial charge in [-0.1, -0.05) is 12.1 Å². The highest BCUT2D eigenvalue weighted by Crippen LogP contribution is 2.23. The first-order chi connectivity index (χ1) is 8.34. The molecule has 1 saturated heterocycles. The van der Waals surface area contributed by atoms with Gasteiger partial charge in [-0.2, -0.15) is 0 Å². The van der Waals surface area contributed by atoms with Gasteiger partial charge in [0.2, 0.25) is 0 Å². The number of piperidine rings is 1. The highest BCUT2D eigenvalue weighted by molar-refractivity contribution is 5.74. The Kier molecular flexibility index (Phi) is 2.85. The molecule has 1 unspecified atom stereocenters. The predicted octanol–water partition coefficient (Wildman–Crippen LogP) is 2.92. The van der Waals surface area contributed by atoms with E-state index in [0.717, 1.165) is 29.9 Å². The van der Waals surface area contributed by atoms with Crippen LogP contribution >= 0.6 is 0 Å². The number of imidazole rings is 1. The summed E-state index contributed by atoms with van der Waals surface area (Å²) in [4.78, 5) is 10.6. The molecule has 1 fully saturated rings. The number of aromatic nitrogens is 2. The molecular weight excluding hydrogens is 210 g/mol. The summed E-state index contributed by atoms with van der Waals surface area (Å²) in [5.74, 6) is 1.09. The number of hydrogen-bond donors (Lipinski definition) is 1. The molecule has 0 saturated carbocycles. The fourth-order valence-electron chi connectivity index (χ4n) is 2.50. The second kappa shape index (κ2) is 4.49. The van der Waals surface area contributed by atoms with E-state index in [9.17, 15) is 0 Å². The molecule has 89 valence electrons. The molecular formula is C14H18N3. The number of H-pyrrole nitrogens is 1. The first-order valence-corrected chi connectivity index (χ1v) is 6.35. The van der Waals surface area contributed by atoms with Gasteiger partial charge in [0.15, 0.2) is 0 Å². The van der Waals surface area contributed by atoms with Gasteiger partial charge < -0.3 is 4.98 Å². The van der Waals surface area contributed by atoms with Crippen molar-refractivity contribution in [2.24, 2.45) is 0 Å². The van der Waals surface area contributed by atoms with Gasteiger partial charge in [-0.25, -0.2) is 4.98 Å². The average Bonchev–Trinajstić information content (AvgIpc) is 2.82. The molecule has 17 heavy (non-hydrogen) atoms. The number of fused-ring (bicyclic) bond motifs is 1. The number of aromatic amines is 1. The van der Waals surface area contributed by atoms with Crippen LogP contribution in [0, 0.1) is 6.42 Å². The SMILES string of the molecule is CC(c1nc2ccccc2[nH]1)N1CC[CH]CC1. The van der Waals surface area contributed by atoms with E-state index < -0.39 is 0 Å². The Bertz CT molecular complexity index is 464. The third kappa shape index (κ3) is 2.07. The summed E-state index contributed by atoms with van der Waals surface area (Å²) in [5, 5.41) is 0. The molecule has 2 aromatic rings. The smallest absolute Gasteiger partial charge is 0.124 e. The van der Waals surface area contributed by atoms with Crippen molar-refractivity contribution in [1.29, 1.82) is 0 Å². The lowest BCUT2D eigenvalue weighted by Crippen LogP contribution is -2.33. The van der Waals surface area contributed by atoms with Gasteiger partial charge in [0.1, 0.15) is 5.82 Å². The Morgan fingerprint density at radius 1 is 1.24 bits per heavy atom. The van der Waals surface area contributed by atoms with E-state index in [-0.39, 0.29) is 0 Å². The van der Waals surface area contributed by atoms with Crippen molar-refractivity contribution in [3.8, 4) is 0 Å². The van der Waals surface area contributed by atoms with Crippen molar-refractivity contribution in [3.05, 3.63) is 36.5 Å². The van der Waals surface area contributed by atoms with Crippen molar-refractivity contribution in [3.63, 3.8) is 0 Å². The third-order valence-corrected chi connectivity index (χ3v) is 3.59. The molecule has 0 spiro atoms. The minimum atomic E-state index is 0.385. The molecule has 1 N–H and O–H groups in total. The molecule has 3 rings (SSSR count). The highest BCUT2D eigenvalue weighted by Gasteiger charge is 2.20. The molecule has 1 aliphatic rings. The van der Waals surface area contributed by atoms with Crippen LogP contribution in [0.4, 0.5) is 0 Å². The standard InChI is InChI=1S/C14H18N3/c1-11(17-9-5-2-6-10-17)14-15-12-7-3-4-8-13(12)16-14/h2-4,7-8,11H,5-6,9-10H2,1H3,(H,15,16). The Labute approximate surface area is 102 Å². The summed E-state index contributed by atoms with van der Waals surface area (Å²) in [6, 6.07) is 8.61. The minimum Gasteiger partial charge on any atom is -0.341 e. The lowest BCUT2D eigenvalue weighted by Gasteiger charge is -2.30. The Morgan fingerprint density at radius 2 is 2.00 bits per heavy atom. The normalized spacial score (nSPS) is 19.6. The summed E-state index contributed by atoms with van der Waals surface area (Å²) in [7, 11) is 0. The topological polar surface area (TPSA) is 31.9 Å². The molecule has 1 atom stereocenters. The number of benzene rings is 1. The van der Waals surface area contributed by atoms with Gasteiger partial charge in [-0.05, 0) is 51.4 Å². The molecule has 3 nitrogen and oxygen atoms in total. The molecule has 0 amide bonds. The van der Waals surface area contributed by atoms with E-state index in [4.69, 9.17) is 0 Å². The third-order valence-electron chi connectivity index (χ3n) is 3.59. The molecule has 1 aromatic heterocycles. The van der Waals surface area contributed by atoms with Crippen molar-refractivity contribution in [1.82, 2.24) is 14.9 Å². The van der Waals surface area contributed by atoms with Gasteiger partial charge in [0, 0.05) is 0 Å². The van der Waals surface area contributed by atoms with E-state index >= 15 is 0 Å². The quantitative estimate of drug-likeness (QED) is 0.857. The van der Waals surface area contributed by atoms with Crippen LogP contribution in [0.15, 0.2) is 24.3 Å². The maximum Gasteiger partial charge on any atom is 0.124 e. The maximum absolute atomic E-state index is 4.68. The molecule has 0 bridgehead atoms.